The van der Waals surface area contributed by atoms with E-state index in [1.54, 1.807) is 0 Å². The summed E-state index contributed by atoms with van der Waals surface area (Å²) in [5, 5.41) is 10.2. The molecule has 0 aliphatic heterocycles. The Morgan fingerprint density at radius 1 is 0.196 bits per heavy atom. The van der Waals surface area contributed by atoms with Gasteiger partial charge in [-0.25, -0.2) is 0 Å². The Kier molecular flexibility index (Phi) is 6.25. The zero-order valence-corrected chi connectivity index (χ0v) is 25.3. The van der Waals surface area contributed by atoms with E-state index in [0.717, 1.165) is 0 Å². The smallest absolute Gasteiger partial charge is 0.00928 e. The second-order valence-corrected chi connectivity index (χ2v) is 12.1. The second kappa shape index (κ2) is 10.9. The van der Waals surface area contributed by atoms with Crippen LogP contribution in [-0.2, 0) is 0 Å². The lowest BCUT2D eigenvalue weighted by Gasteiger charge is -2.16. The summed E-state index contributed by atoms with van der Waals surface area (Å²) in [7, 11) is 0. The van der Waals surface area contributed by atoms with Crippen LogP contribution >= 0.6 is 0 Å². The van der Waals surface area contributed by atoms with E-state index in [1.165, 1.54) is 87.6 Å². The third-order valence-corrected chi connectivity index (χ3v) is 9.42. The molecule has 0 saturated carbocycles. The van der Waals surface area contributed by atoms with Gasteiger partial charge in [0.15, 0.2) is 0 Å². The third-order valence-electron chi connectivity index (χ3n) is 9.42. The van der Waals surface area contributed by atoms with Gasteiger partial charge in [0.25, 0.3) is 0 Å². The molecule has 9 aromatic carbocycles. The van der Waals surface area contributed by atoms with Crippen molar-refractivity contribution in [3.05, 3.63) is 182 Å². The molecule has 9 aromatic rings. The van der Waals surface area contributed by atoms with Gasteiger partial charge < -0.3 is 0 Å². The topological polar surface area (TPSA) is 0 Å². The predicted molar refractivity (Wildman–Crippen MR) is 198 cm³/mol. The number of fused-ring (bicyclic) bond motifs is 6. The van der Waals surface area contributed by atoms with Crippen molar-refractivity contribution >= 4 is 43.1 Å². The van der Waals surface area contributed by atoms with Crippen molar-refractivity contribution in [1.82, 2.24) is 0 Å². The number of hydrogen-bond acceptors (Lipinski definition) is 0. The molecule has 0 heteroatoms. The molecular formula is C46H30. The zero-order valence-electron chi connectivity index (χ0n) is 25.3. The van der Waals surface area contributed by atoms with E-state index in [-0.39, 0.29) is 0 Å². The highest BCUT2D eigenvalue weighted by Crippen LogP contribution is 2.42. The van der Waals surface area contributed by atoms with Crippen LogP contribution in [0, 0.1) is 0 Å². The van der Waals surface area contributed by atoms with Gasteiger partial charge in [-0.05, 0) is 118 Å². The fourth-order valence-electron chi connectivity index (χ4n) is 7.17. The van der Waals surface area contributed by atoms with E-state index < -0.39 is 0 Å². The van der Waals surface area contributed by atoms with Crippen LogP contribution in [0.3, 0.4) is 0 Å². The molecule has 0 fully saturated rings. The highest BCUT2D eigenvalue weighted by atomic mass is 14.2. The van der Waals surface area contributed by atoms with Gasteiger partial charge in [0.05, 0.1) is 0 Å². The van der Waals surface area contributed by atoms with Crippen molar-refractivity contribution in [3.8, 4) is 44.5 Å². The largest absolute Gasteiger partial charge is 0.0622 e. The average Bonchev–Trinajstić information content (AvgIpc) is 3.14. The molecular weight excluding hydrogens is 553 g/mol. The Morgan fingerprint density at radius 2 is 0.739 bits per heavy atom. The molecule has 0 amide bonds. The minimum atomic E-state index is 1.22. The Labute approximate surface area is 268 Å². The Hall–Kier alpha value is -5.98. The first kappa shape index (κ1) is 26.4. The summed E-state index contributed by atoms with van der Waals surface area (Å²) in [6, 6.07) is 66.6. The first-order chi connectivity index (χ1) is 22.8. The van der Waals surface area contributed by atoms with Gasteiger partial charge in [-0.3, -0.25) is 0 Å². The molecule has 0 aliphatic carbocycles. The summed E-state index contributed by atoms with van der Waals surface area (Å²) >= 11 is 0. The summed E-state index contributed by atoms with van der Waals surface area (Å²) < 4.78 is 0. The van der Waals surface area contributed by atoms with Crippen molar-refractivity contribution in [2.24, 2.45) is 0 Å². The van der Waals surface area contributed by atoms with E-state index in [2.05, 4.69) is 182 Å². The van der Waals surface area contributed by atoms with Crippen LogP contribution in [0.5, 0.6) is 0 Å². The molecule has 0 aliphatic rings. The van der Waals surface area contributed by atoms with Gasteiger partial charge in [0, 0.05) is 0 Å². The van der Waals surface area contributed by atoms with Crippen LogP contribution in [0.1, 0.15) is 0 Å². The van der Waals surface area contributed by atoms with Crippen LogP contribution < -0.4 is 0 Å². The fourth-order valence-corrected chi connectivity index (χ4v) is 7.17. The van der Waals surface area contributed by atoms with Gasteiger partial charge in [0.2, 0.25) is 0 Å². The molecule has 0 nitrogen and oxygen atoms in total. The van der Waals surface area contributed by atoms with Gasteiger partial charge in [-0.1, -0.05) is 152 Å². The quantitative estimate of drug-likeness (QED) is 0.181. The van der Waals surface area contributed by atoms with E-state index >= 15 is 0 Å². The molecule has 0 saturated heterocycles. The van der Waals surface area contributed by atoms with Gasteiger partial charge >= 0.3 is 0 Å². The molecule has 0 unspecified atom stereocenters. The molecule has 0 radical (unpaired) electrons. The van der Waals surface area contributed by atoms with Crippen LogP contribution in [0.2, 0.25) is 0 Å². The Bertz CT molecular complexity index is 2560. The maximum atomic E-state index is 2.42. The fraction of sp³-hybridized carbons (Fsp3) is 0. The van der Waals surface area contributed by atoms with Gasteiger partial charge in [-0.15, -0.1) is 0 Å². The number of benzene rings is 9. The van der Waals surface area contributed by atoms with E-state index in [9.17, 15) is 0 Å². The maximum Gasteiger partial charge on any atom is -0.00928 e. The minimum absolute atomic E-state index is 1.22. The lowest BCUT2D eigenvalue weighted by Crippen LogP contribution is -1.89. The number of rotatable bonds is 4. The second-order valence-electron chi connectivity index (χ2n) is 12.1. The molecule has 0 bridgehead atoms. The van der Waals surface area contributed by atoms with Crippen molar-refractivity contribution in [2.45, 2.75) is 0 Å². The first-order valence-electron chi connectivity index (χ1n) is 15.9. The van der Waals surface area contributed by atoms with Gasteiger partial charge in [-0.2, -0.15) is 0 Å². The summed E-state index contributed by atoms with van der Waals surface area (Å²) in [6.07, 6.45) is 0. The van der Waals surface area contributed by atoms with Crippen molar-refractivity contribution < 1.29 is 0 Å². The van der Waals surface area contributed by atoms with Crippen LogP contribution in [0.25, 0.3) is 87.6 Å². The molecule has 0 heterocycles. The maximum absolute atomic E-state index is 2.42. The first-order valence-corrected chi connectivity index (χ1v) is 15.9. The summed E-state index contributed by atoms with van der Waals surface area (Å²) in [4.78, 5) is 0. The lowest BCUT2D eigenvalue weighted by atomic mass is 9.87. The zero-order chi connectivity index (χ0) is 30.5. The van der Waals surface area contributed by atoms with E-state index in [4.69, 9.17) is 0 Å². The van der Waals surface area contributed by atoms with Crippen LogP contribution in [0.4, 0.5) is 0 Å². The van der Waals surface area contributed by atoms with Crippen molar-refractivity contribution in [2.75, 3.05) is 0 Å². The van der Waals surface area contributed by atoms with E-state index in [0.29, 0.717) is 0 Å². The predicted octanol–water partition coefficient (Wildman–Crippen LogP) is 13.0. The lowest BCUT2D eigenvalue weighted by molar-refractivity contribution is 1.59. The third kappa shape index (κ3) is 4.47. The molecule has 46 heavy (non-hydrogen) atoms. The molecule has 0 N–H and O–H groups in total. The van der Waals surface area contributed by atoms with Crippen molar-refractivity contribution in [3.63, 3.8) is 0 Å². The minimum Gasteiger partial charge on any atom is -0.0622 e. The van der Waals surface area contributed by atoms with E-state index in [1.807, 2.05) is 0 Å². The highest BCUT2D eigenvalue weighted by molar-refractivity contribution is 6.21. The van der Waals surface area contributed by atoms with Crippen molar-refractivity contribution in [1.29, 1.82) is 0 Å². The molecule has 9 rings (SSSR count). The molecule has 0 aromatic heterocycles. The normalized spacial score (nSPS) is 11.5. The monoisotopic (exact) mass is 582 g/mol. The number of hydrogen-bond donors (Lipinski definition) is 0. The Balaban J connectivity index is 1.31. The summed E-state index contributed by atoms with van der Waals surface area (Å²) in [5.74, 6) is 0. The molecule has 0 spiro atoms. The SMILES string of the molecule is c1ccc(-c2cccc(-c3ccc4c(-c5ccccc5)cc(-c5cc6c7ccccc7ccc6c6ccccc56)cc4c3)c2)cc1. The highest BCUT2D eigenvalue weighted by Gasteiger charge is 2.15. The van der Waals surface area contributed by atoms with Gasteiger partial charge in [0.1, 0.15) is 0 Å². The average molecular weight is 583 g/mol. The Morgan fingerprint density at radius 3 is 1.54 bits per heavy atom. The standard InChI is InChI=1S/C46H30/c1-3-12-31(13-4-1)34-17-11-18-35(26-34)36-23-24-40-37(27-36)28-38(29-44(40)32-14-5-2-6-15-32)45-30-46-39-19-8-7-16-33(39)22-25-43(46)41-20-9-10-21-42(41)45/h1-30H. The molecule has 214 valence electrons. The summed E-state index contributed by atoms with van der Waals surface area (Å²) in [6.45, 7) is 0. The molecule has 0 atom stereocenters. The van der Waals surface area contributed by atoms with Crippen LogP contribution in [-0.4, -0.2) is 0 Å². The summed E-state index contributed by atoms with van der Waals surface area (Å²) in [5.41, 5.74) is 9.86. The van der Waals surface area contributed by atoms with Crippen LogP contribution in [0.15, 0.2) is 182 Å².